The Morgan fingerprint density at radius 3 is 2.35 bits per heavy atom. The van der Waals surface area contributed by atoms with Crippen LogP contribution in [-0.2, 0) is 4.74 Å². The summed E-state index contributed by atoms with van der Waals surface area (Å²) >= 11 is 0. The lowest BCUT2D eigenvalue weighted by Gasteiger charge is -2.35. The van der Waals surface area contributed by atoms with Gasteiger partial charge >= 0.3 is 0 Å². The topological polar surface area (TPSA) is 24.5 Å². The van der Waals surface area contributed by atoms with Crippen LogP contribution < -0.4 is 5.32 Å². The van der Waals surface area contributed by atoms with Gasteiger partial charge in [-0.2, -0.15) is 0 Å². The van der Waals surface area contributed by atoms with Gasteiger partial charge in [0.15, 0.2) is 0 Å². The van der Waals surface area contributed by atoms with Crippen LogP contribution >= 0.6 is 0 Å². The quantitative estimate of drug-likeness (QED) is 0.794. The van der Waals surface area contributed by atoms with Gasteiger partial charge in [-0.05, 0) is 38.6 Å². The Morgan fingerprint density at radius 1 is 1.18 bits per heavy atom. The smallest absolute Gasteiger partial charge is 0.0595 e. The zero-order valence-corrected chi connectivity index (χ0v) is 11.5. The normalized spacial score (nSPS) is 26.5. The second-order valence-corrected chi connectivity index (χ2v) is 5.68. The third kappa shape index (κ3) is 3.67. The van der Waals surface area contributed by atoms with Crippen LogP contribution in [0.3, 0.4) is 0 Å². The van der Waals surface area contributed by atoms with Crippen molar-refractivity contribution < 1.29 is 4.74 Å². The van der Waals surface area contributed by atoms with Gasteiger partial charge in [-0.15, -0.1) is 0 Å². The molecule has 2 rings (SSSR count). The zero-order chi connectivity index (χ0) is 12.1. The van der Waals surface area contributed by atoms with Gasteiger partial charge < -0.3 is 15.0 Å². The van der Waals surface area contributed by atoms with Crippen molar-refractivity contribution >= 4 is 0 Å². The summed E-state index contributed by atoms with van der Waals surface area (Å²) in [6, 6.07) is 0.705. The van der Waals surface area contributed by atoms with Gasteiger partial charge in [0.05, 0.1) is 6.10 Å². The van der Waals surface area contributed by atoms with Gasteiger partial charge in [-0.1, -0.05) is 12.8 Å². The maximum absolute atomic E-state index is 5.43. The largest absolute Gasteiger partial charge is 0.381 e. The minimum atomic E-state index is 0.505. The van der Waals surface area contributed by atoms with Crippen molar-refractivity contribution in [2.75, 3.05) is 33.8 Å². The van der Waals surface area contributed by atoms with Gasteiger partial charge in [0.1, 0.15) is 0 Å². The van der Waals surface area contributed by atoms with Crippen molar-refractivity contribution in [3.8, 4) is 0 Å². The standard InChI is InChI=1S/C14H28N2O/c1-15-14(12-5-3-4-6-12)11-16-9-7-13(17-2)8-10-16/h12-15H,3-11H2,1-2H3. The SMILES string of the molecule is CNC(CN1CCC(OC)CC1)C1CCCC1. The first-order valence-corrected chi connectivity index (χ1v) is 7.26. The summed E-state index contributed by atoms with van der Waals surface area (Å²) in [5.41, 5.74) is 0. The average Bonchev–Trinajstić information content (AvgIpc) is 2.90. The van der Waals surface area contributed by atoms with E-state index in [1.165, 1.54) is 58.2 Å². The molecule has 0 radical (unpaired) electrons. The molecule has 2 fully saturated rings. The molecule has 0 spiro atoms. The van der Waals surface area contributed by atoms with Crippen molar-refractivity contribution in [1.82, 2.24) is 10.2 Å². The monoisotopic (exact) mass is 240 g/mol. The first-order valence-electron chi connectivity index (χ1n) is 7.26. The number of methoxy groups -OCH3 is 1. The molecular formula is C14H28N2O. The zero-order valence-electron chi connectivity index (χ0n) is 11.5. The third-order valence-corrected chi connectivity index (χ3v) is 4.66. The summed E-state index contributed by atoms with van der Waals surface area (Å²) in [5.74, 6) is 0.917. The number of piperidine rings is 1. The van der Waals surface area contributed by atoms with E-state index in [0.29, 0.717) is 12.1 Å². The van der Waals surface area contributed by atoms with Crippen LogP contribution in [0.4, 0.5) is 0 Å². The highest BCUT2D eigenvalue weighted by atomic mass is 16.5. The number of likely N-dealkylation sites (tertiary alicyclic amines) is 1. The van der Waals surface area contributed by atoms with Crippen LogP contribution in [0.2, 0.25) is 0 Å². The lowest BCUT2D eigenvalue weighted by atomic mass is 9.96. The lowest BCUT2D eigenvalue weighted by Crippen LogP contribution is -2.47. The van der Waals surface area contributed by atoms with Gasteiger partial charge in [-0.25, -0.2) is 0 Å². The molecule has 0 aromatic rings. The molecule has 1 aliphatic carbocycles. The molecule has 1 unspecified atom stereocenters. The van der Waals surface area contributed by atoms with Gasteiger partial charge in [0.2, 0.25) is 0 Å². The van der Waals surface area contributed by atoms with Crippen LogP contribution in [0.15, 0.2) is 0 Å². The van der Waals surface area contributed by atoms with E-state index >= 15 is 0 Å². The predicted molar refractivity (Wildman–Crippen MR) is 71.3 cm³/mol. The molecule has 1 saturated heterocycles. The van der Waals surface area contributed by atoms with Crippen molar-refractivity contribution in [2.45, 2.75) is 50.7 Å². The summed E-state index contributed by atoms with van der Waals surface area (Å²) in [6.45, 7) is 3.66. The van der Waals surface area contributed by atoms with E-state index in [0.717, 1.165) is 5.92 Å². The molecule has 0 aromatic heterocycles. The van der Waals surface area contributed by atoms with Crippen molar-refractivity contribution in [1.29, 1.82) is 0 Å². The second-order valence-electron chi connectivity index (χ2n) is 5.68. The summed E-state index contributed by atoms with van der Waals surface area (Å²) < 4.78 is 5.43. The number of nitrogens with zero attached hydrogens (tertiary/aromatic N) is 1. The van der Waals surface area contributed by atoms with E-state index in [-0.39, 0.29) is 0 Å². The highest BCUT2D eigenvalue weighted by Gasteiger charge is 2.27. The van der Waals surface area contributed by atoms with E-state index in [2.05, 4.69) is 17.3 Å². The summed E-state index contributed by atoms with van der Waals surface area (Å²) in [7, 11) is 3.97. The average molecular weight is 240 g/mol. The molecule has 1 saturated carbocycles. The molecule has 0 bridgehead atoms. The Labute approximate surface area is 106 Å². The molecule has 0 aromatic carbocycles. The number of likely N-dealkylation sites (N-methyl/N-ethyl adjacent to an activating group) is 1. The number of ether oxygens (including phenoxy) is 1. The summed E-state index contributed by atoms with van der Waals surface area (Å²) in [6.07, 6.45) is 8.66. The molecule has 100 valence electrons. The van der Waals surface area contributed by atoms with Crippen LogP contribution in [0.1, 0.15) is 38.5 Å². The molecule has 17 heavy (non-hydrogen) atoms. The Hall–Kier alpha value is -0.120. The maximum atomic E-state index is 5.43. The molecule has 3 heteroatoms. The minimum Gasteiger partial charge on any atom is -0.381 e. The van der Waals surface area contributed by atoms with Gasteiger partial charge in [0, 0.05) is 32.8 Å². The molecule has 1 N–H and O–H groups in total. The summed E-state index contributed by atoms with van der Waals surface area (Å²) in [4.78, 5) is 2.62. The van der Waals surface area contributed by atoms with Crippen molar-refractivity contribution in [2.24, 2.45) is 5.92 Å². The highest BCUT2D eigenvalue weighted by molar-refractivity contribution is 4.84. The van der Waals surface area contributed by atoms with E-state index < -0.39 is 0 Å². The Kier molecular flexibility index (Phi) is 5.26. The fourth-order valence-electron chi connectivity index (χ4n) is 3.44. The van der Waals surface area contributed by atoms with Crippen molar-refractivity contribution in [3.63, 3.8) is 0 Å². The minimum absolute atomic E-state index is 0.505. The number of rotatable bonds is 5. The van der Waals surface area contributed by atoms with E-state index in [1.54, 1.807) is 0 Å². The van der Waals surface area contributed by atoms with Crippen LogP contribution in [0.5, 0.6) is 0 Å². The van der Waals surface area contributed by atoms with Crippen LogP contribution in [0.25, 0.3) is 0 Å². The summed E-state index contributed by atoms with van der Waals surface area (Å²) in [5, 5.41) is 3.54. The Morgan fingerprint density at radius 2 is 1.82 bits per heavy atom. The molecule has 1 aliphatic heterocycles. The molecule has 1 heterocycles. The third-order valence-electron chi connectivity index (χ3n) is 4.66. The number of hydrogen-bond acceptors (Lipinski definition) is 3. The maximum Gasteiger partial charge on any atom is 0.0595 e. The lowest BCUT2D eigenvalue weighted by molar-refractivity contribution is 0.0365. The van der Waals surface area contributed by atoms with Crippen LogP contribution in [-0.4, -0.2) is 50.8 Å². The molecule has 1 atom stereocenters. The molecule has 0 amide bonds. The molecule has 3 nitrogen and oxygen atoms in total. The Balaban J connectivity index is 1.75. The first-order chi connectivity index (χ1) is 8.33. The van der Waals surface area contributed by atoms with Crippen LogP contribution in [0, 0.1) is 5.92 Å². The second kappa shape index (κ2) is 6.72. The fraction of sp³-hybridized carbons (Fsp3) is 1.00. The fourth-order valence-corrected chi connectivity index (χ4v) is 3.44. The number of hydrogen-bond donors (Lipinski definition) is 1. The van der Waals surface area contributed by atoms with Gasteiger partial charge in [0.25, 0.3) is 0 Å². The van der Waals surface area contributed by atoms with E-state index in [1.807, 2.05) is 7.11 Å². The van der Waals surface area contributed by atoms with E-state index in [9.17, 15) is 0 Å². The highest BCUT2D eigenvalue weighted by Crippen LogP contribution is 2.28. The number of nitrogens with one attached hydrogen (secondary N) is 1. The predicted octanol–water partition coefficient (Wildman–Crippen LogP) is 1.88. The van der Waals surface area contributed by atoms with Gasteiger partial charge in [-0.3, -0.25) is 0 Å². The van der Waals surface area contributed by atoms with Crippen molar-refractivity contribution in [3.05, 3.63) is 0 Å². The Bertz CT molecular complexity index is 208. The molecular weight excluding hydrogens is 212 g/mol. The van der Waals surface area contributed by atoms with E-state index in [4.69, 9.17) is 4.74 Å². The molecule has 2 aliphatic rings. The first kappa shape index (κ1) is 13.3.